The summed E-state index contributed by atoms with van der Waals surface area (Å²) >= 11 is 0. The molecule has 4 rings (SSSR count). The first-order valence-corrected chi connectivity index (χ1v) is 6.81. The Kier molecular flexibility index (Phi) is 1.89. The molecule has 0 aromatic rings. The topological polar surface area (TPSA) is 12.0 Å². The molecular formula is C16H19N2+. The standard InChI is InChI=1S/C16H19N2/c1-18(2)9-13-5-3-11-7-17-8-12-4-6-14(10-18)16(13)15(11)12/h7-10,17H,3-6H2,1-2H3/q+1. The van der Waals surface area contributed by atoms with Crippen LogP contribution >= 0.6 is 0 Å². The van der Waals surface area contributed by atoms with Crippen LogP contribution in [0.1, 0.15) is 25.7 Å². The first-order valence-electron chi connectivity index (χ1n) is 6.81. The van der Waals surface area contributed by atoms with Gasteiger partial charge in [0.05, 0.1) is 14.1 Å². The second kappa shape index (κ2) is 3.27. The Morgan fingerprint density at radius 1 is 0.778 bits per heavy atom. The van der Waals surface area contributed by atoms with Crippen LogP contribution in [0.25, 0.3) is 0 Å². The molecule has 2 heterocycles. The molecule has 0 atom stereocenters. The number of hydrogen-bond acceptors (Lipinski definition) is 1. The van der Waals surface area contributed by atoms with Crippen LogP contribution in [-0.4, -0.2) is 18.6 Å². The Hall–Kier alpha value is -1.54. The van der Waals surface area contributed by atoms with Gasteiger partial charge in [-0.25, -0.2) is 0 Å². The Labute approximate surface area is 108 Å². The first-order chi connectivity index (χ1) is 8.64. The predicted octanol–water partition coefficient (Wildman–Crippen LogP) is 3.10. The van der Waals surface area contributed by atoms with Crippen molar-refractivity contribution in [1.82, 2.24) is 5.32 Å². The second-order valence-corrected chi connectivity index (χ2v) is 6.19. The lowest BCUT2D eigenvalue weighted by atomic mass is 9.71. The minimum absolute atomic E-state index is 0.901. The summed E-state index contributed by atoms with van der Waals surface area (Å²) < 4.78 is 0.901. The van der Waals surface area contributed by atoms with Crippen LogP contribution in [-0.2, 0) is 0 Å². The van der Waals surface area contributed by atoms with Crippen LogP contribution in [0.5, 0.6) is 0 Å². The molecule has 0 radical (unpaired) electrons. The highest BCUT2D eigenvalue weighted by Gasteiger charge is 2.36. The number of nitrogens with one attached hydrogen (secondary N) is 1. The van der Waals surface area contributed by atoms with Gasteiger partial charge in [-0.05, 0) is 48.0 Å². The Morgan fingerprint density at radius 2 is 1.22 bits per heavy atom. The van der Waals surface area contributed by atoms with E-state index < -0.39 is 0 Å². The number of quaternary nitrogens is 1. The molecule has 1 N–H and O–H groups in total. The van der Waals surface area contributed by atoms with E-state index in [0.717, 1.165) is 4.48 Å². The monoisotopic (exact) mass is 239 g/mol. The maximum atomic E-state index is 3.32. The Bertz CT molecular complexity index is 547. The predicted molar refractivity (Wildman–Crippen MR) is 73.1 cm³/mol. The van der Waals surface area contributed by atoms with E-state index in [1.807, 2.05) is 0 Å². The number of dihydropyridines is 1. The van der Waals surface area contributed by atoms with Crippen molar-refractivity contribution >= 4 is 0 Å². The number of allylic oxidation sites excluding steroid dienone is 6. The zero-order valence-corrected chi connectivity index (χ0v) is 11.1. The maximum absolute atomic E-state index is 3.32. The van der Waals surface area contributed by atoms with Gasteiger partial charge in [-0.15, -0.1) is 0 Å². The van der Waals surface area contributed by atoms with Gasteiger partial charge >= 0.3 is 0 Å². The van der Waals surface area contributed by atoms with E-state index in [-0.39, 0.29) is 0 Å². The van der Waals surface area contributed by atoms with E-state index in [1.165, 1.54) is 36.8 Å². The van der Waals surface area contributed by atoms with E-state index in [1.54, 1.807) is 22.3 Å². The molecule has 4 aliphatic rings. The summed E-state index contributed by atoms with van der Waals surface area (Å²) in [6.07, 6.45) is 14.0. The van der Waals surface area contributed by atoms with Crippen molar-refractivity contribution < 1.29 is 4.48 Å². The molecule has 0 unspecified atom stereocenters. The van der Waals surface area contributed by atoms with Crippen LogP contribution in [0.3, 0.4) is 0 Å². The molecule has 92 valence electrons. The Balaban J connectivity index is 2.00. The largest absolute Gasteiger partial charge is 0.367 e. The number of rotatable bonds is 0. The van der Waals surface area contributed by atoms with Gasteiger partial charge in [-0.2, -0.15) is 0 Å². The van der Waals surface area contributed by atoms with E-state index >= 15 is 0 Å². The second-order valence-electron chi connectivity index (χ2n) is 6.19. The molecule has 2 nitrogen and oxygen atoms in total. The summed E-state index contributed by atoms with van der Waals surface area (Å²) in [6, 6.07) is 0. The fraction of sp³-hybridized carbons (Fsp3) is 0.375. The van der Waals surface area contributed by atoms with E-state index in [2.05, 4.69) is 44.2 Å². The lowest BCUT2D eigenvalue weighted by Gasteiger charge is -2.38. The molecule has 2 aliphatic carbocycles. The van der Waals surface area contributed by atoms with Crippen molar-refractivity contribution in [2.75, 3.05) is 14.1 Å². The lowest BCUT2D eigenvalue weighted by Crippen LogP contribution is -2.33. The minimum Gasteiger partial charge on any atom is -0.367 e. The van der Waals surface area contributed by atoms with Crippen molar-refractivity contribution in [3.8, 4) is 0 Å². The van der Waals surface area contributed by atoms with Crippen LogP contribution in [0.2, 0.25) is 0 Å². The minimum atomic E-state index is 0.901. The average molecular weight is 239 g/mol. The van der Waals surface area contributed by atoms with E-state index in [0.29, 0.717) is 0 Å². The highest BCUT2D eigenvalue weighted by Crippen LogP contribution is 2.49. The van der Waals surface area contributed by atoms with Gasteiger partial charge in [0.2, 0.25) is 0 Å². The van der Waals surface area contributed by atoms with Crippen molar-refractivity contribution in [3.05, 3.63) is 58.2 Å². The maximum Gasteiger partial charge on any atom is 0.104 e. The normalized spacial score (nSPS) is 27.4. The first kappa shape index (κ1) is 10.4. The summed E-state index contributed by atoms with van der Waals surface area (Å²) in [5.74, 6) is 0. The fourth-order valence-electron chi connectivity index (χ4n) is 3.72. The number of hydrogen-bond donors (Lipinski definition) is 1. The smallest absolute Gasteiger partial charge is 0.104 e. The molecular weight excluding hydrogens is 220 g/mol. The van der Waals surface area contributed by atoms with E-state index in [4.69, 9.17) is 0 Å². The molecule has 0 aromatic heterocycles. The Morgan fingerprint density at radius 3 is 1.78 bits per heavy atom. The molecule has 0 fully saturated rings. The molecule has 0 saturated carbocycles. The molecule has 18 heavy (non-hydrogen) atoms. The van der Waals surface area contributed by atoms with Crippen molar-refractivity contribution in [3.63, 3.8) is 0 Å². The van der Waals surface area contributed by atoms with Crippen molar-refractivity contribution in [1.29, 1.82) is 0 Å². The third-order valence-electron chi connectivity index (χ3n) is 4.35. The van der Waals surface area contributed by atoms with Crippen LogP contribution in [0.4, 0.5) is 0 Å². The third-order valence-corrected chi connectivity index (χ3v) is 4.35. The van der Waals surface area contributed by atoms with E-state index in [9.17, 15) is 0 Å². The van der Waals surface area contributed by atoms with Crippen molar-refractivity contribution in [2.45, 2.75) is 25.7 Å². The molecule has 2 aliphatic heterocycles. The van der Waals surface area contributed by atoms with Crippen molar-refractivity contribution in [2.24, 2.45) is 0 Å². The molecule has 0 saturated heterocycles. The van der Waals surface area contributed by atoms with Gasteiger partial charge in [-0.3, -0.25) is 4.48 Å². The zero-order chi connectivity index (χ0) is 12.3. The number of nitrogens with zero attached hydrogens (tertiary/aromatic N) is 1. The summed E-state index contributed by atoms with van der Waals surface area (Å²) in [7, 11) is 4.53. The van der Waals surface area contributed by atoms with Gasteiger partial charge in [-0.1, -0.05) is 0 Å². The molecule has 2 heteroatoms. The van der Waals surface area contributed by atoms with Gasteiger partial charge < -0.3 is 5.32 Å². The summed E-state index contributed by atoms with van der Waals surface area (Å²) in [5, 5.41) is 3.32. The third kappa shape index (κ3) is 1.33. The molecule has 0 spiro atoms. The molecule has 0 bridgehead atoms. The van der Waals surface area contributed by atoms with Gasteiger partial charge in [0.1, 0.15) is 12.4 Å². The lowest BCUT2D eigenvalue weighted by molar-refractivity contribution is -0.785. The quantitative estimate of drug-likeness (QED) is 0.640. The zero-order valence-electron chi connectivity index (χ0n) is 11.1. The summed E-state index contributed by atoms with van der Waals surface area (Å²) in [6.45, 7) is 0. The van der Waals surface area contributed by atoms with Gasteiger partial charge in [0.25, 0.3) is 0 Å². The highest BCUT2D eigenvalue weighted by molar-refractivity contribution is 5.67. The van der Waals surface area contributed by atoms with Gasteiger partial charge in [0.15, 0.2) is 0 Å². The molecule has 0 aromatic carbocycles. The van der Waals surface area contributed by atoms with Crippen LogP contribution in [0, 0.1) is 0 Å². The average Bonchev–Trinajstić information content (AvgIpc) is 2.34. The summed E-state index contributed by atoms with van der Waals surface area (Å²) in [4.78, 5) is 0. The SMILES string of the molecule is C[N+]1(C)C=C2CCC3=CNC=C4CCC(=C1)C2=C34. The van der Waals surface area contributed by atoms with Crippen LogP contribution in [0.15, 0.2) is 58.2 Å². The summed E-state index contributed by atoms with van der Waals surface area (Å²) in [5.41, 5.74) is 9.26. The van der Waals surface area contributed by atoms with Crippen LogP contribution < -0.4 is 5.32 Å². The highest BCUT2D eigenvalue weighted by atomic mass is 15.3. The fourth-order valence-corrected chi connectivity index (χ4v) is 3.72. The van der Waals surface area contributed by atoms with Gasteiger partial charge in [0, 0.05) is 23.5 Å². The molecule has 0 amide bonds.